The molecule has 0 spiro atoms. The van der Waals surface area contributed by atoms with Crippen LogP contribution in [0.1, 0.15) is 18.1 Å². The number of Topliss-reactive ketones (excluding diaryl/α,β-unsaturated/α-hetero) is 1. The van der Waals surface area contributed by atoms with Gasteiger partial charge in [-0.05, 0) is 29.3 Å². The lowest BCUT2D eigenvalue weighted by molar-refractivity contribution is -0.135. The summed E-state index contributed by atoms with van der Waals surface area (Å²) in [5.74, 6) is -0.272. The van der Waals surface area contributed by atoms with Crippen molar-refractivity contribution in [3.05, 3.63) is 83.9 Å². The Balaban J connectivity index is 2.13. The number of esters is 1. The minimum atomic E-state index is -0.581. The highest BCUT2D eigenvalue weighted by Crippen LogP contribution is 2.35. The number of carbonyl (C=O) groups is 2. The average Bonchev–Trinajstić information content (AvgIpc) is 2.70. The molecule has 0 aliphatic heterocycles. The molecule has 0 unspecified atom stereocenters. The van der Waals surface area contributed by atoms with Crippen molar-refractivity contribution in [2.45, 2.75) is 13.5 Å². The Hall–Kier alpha value is -3.40. The molecule has 3 aromatic rings. The molecule has 0 amide bonds. The van der Waals surface area contributed by atoms with E-state index in [0.717, 1.165) is 16.3 Å². The maximum Gasteiger partial charge on any atom is 0.331 e. The van der Waals surface area contributed by atoms with Crippen molar-refractivity contribution in [2.75, 3.05) is 7.11 Å². The molecule has 0 atom stereocenters. The minimum Gasteiger partial charge on any atom is -0.488 e. The van der Waals surface area contributed by atoms with Crippen LogP contribution in [0.5, 0.6) is 5.75 Å². The van der Waals surface area contributed by atoms with Crippen LogP contribution < -0.4 is 4.74 Å². The van der Waals surface area contributed by atoms with Crippen LogP contribution in [0.4, 0.5) is 0 Å². The zero-order chi connectivity index (χ0) is 19.2. The molecule has 4 heteroatoms. The van der Waals surface area contributed by atoms with Gasteiger partial charge in [0, 0.05) is 17.2 Å². The van der Waals surface area contributed by atoms with Crippen LogP contribution in [0.25, 0.3) is 16.3 Å². The second-order valence-electron chi connectivity index (χ2n) is 6.07. The van der Waals surface area contributed by atoms with Gasteiger partial charge in [0.25, 0.3) is 0 Å². The maximum absolute atomic E-state index is 12.3. The van der Waals surface area contributed by atoms with Crippen LogP contribution >= 0.6 is 0 Å². The molecule has 3 rings (SSSR count). The number of fused-ring (bicyclic) bond motifs is 1. The second kappa shape index (κ2) is 8.32. The van der Waals surface area contributed by atoms with E-state index >= 15 is 0 Å². The summed E-state index contributed by atoms with van der Waals surface area (Å²) in [5.41, 5.74) is 1.88. The number of carbonyl (C=O) groups excluding carboxylic acids is 2. The molecular weight excluding hydrogens is 340 g/mol. The van der Waals surface area contributed by atoms with Gasteiger partial charge in [-0.2, -0.15) is 0 Å². The lowest BCUT2D eigenvalue weighted by atomic mass is 9.94. The first-order valence-electron chi connectivity index (χ1n) is 8.59. The summed E-state index contributed by atoms with van der Waals surface area (Å²) in [5, 5.41) is 1.80. The first kappa shape index (κ1) is 18.4. The predicted octanol–water partition coefficient (Wildman–Crippen LogP) is 4.56. The standard InChI is InChI=1S/C23H20O4/c1-16(24)20(14-22(25)26-2)23-19-11-7-6-10-18(19)12-13-21(23)27-15-17-8-4-3-5-9-17/h3-14H,15H2,1-2H3. The molecule has 136 valence electrons. The van der Waals surface area contributed by atoms with E-state index in [1.165, 1.54) is 20.1 Å². The summed E-state index contributed by atoms with van der Waals surface area (Å²) in [6.45, 7) is 1.78. The zero-order valence-electron chi connectivity index (χ0n) is 15.3. The largest absolute Gasteiger partial charge is 0.488 e. The van der Waals surface area contributed by atoms with E-state index in [4.69, 9.17) is 9.47 Å². The highest BCUT2D eigenvalue weighted by Gasteiger charge is 2.18. The second-order valence-corrected chi connectivity index (χ2v) is 6.07. The van der Waals surface area contributed by atoms with Crippen LogP contribution in [-0.4, -0.2) is 18.9 Å². The van der Waals surface area contributed by atoms with Gasteiger partial charge >= 0.3 is 5.97 Å². The minimum absolute atomic E-state index is 0.235. The van der Waals surface area contributed by atoms with Gasteiger partial charge in [-0.25, -0.2) is 4.79 Å². The van der Waals surface area contributed by atoms with Gasteiger partial charge in [0.15, 0.2) is 5.78 Å². The van der Waals surface area contributed by atoms with Crippen LogP contribution in [0, 0.1) is 0 Å². The zero-order valence-corrected chi connectivity index (χ0v) is 15.3. The summed E-state index contributed by atoms with van der Waals surface area (Å²) in [4.78, 5) is 24.2. The van der Waals surface area contributed by atoms with Crippen molar-refractivity contribution in [3.63, 3.8) is 0 Å². The average molecular weight is 360 g/mol. The highest BCUT2D eigenvalue weighted by atomic mass is 16.5. The fourth-order valence-corrected chi connectivity index (χ4v) is 2.91. The molecule has 0 saturated heterocycles. The van der Waals surface area contributed by atoms with Crippen molar-refractivity contribution < 1.29 is 19.1 Å². The van der Waals surface area contributed by atoms with Crippen molar-refractivity contribution >= 4 is 28.1 Å². The van der Waals surface area contributed by atoms with Crippen LogP contribution in [0.2, 0.25) is 0 Å². The maximum atomic E-state index is 12.3. The van der Waals surface area contributed by atoms with Crippen molar-refractivity contribution in [2.24, 2.45) is 0 Å². The molecule has 0 aliphatic carbocycles. The first-order valence-corrected chi connectivity index (χ1v) is 8.59. The normalized spacial score (nSPS) is 11.3. The Bertz CT molecular complexity index is 1000. The first-order chi connectivity index (χ1) is 13.1. The summed E-state index contributed by atoms with van der Waals surface area (Å²) in [7, 11) is 1.28. The molecule has 27 heavy (non-hydrogen) atoms. The number of hydrogen-bond donors (Lipinski definition) is 0. The predicted molar refractivity (Wildman–Crippen MR) is 105 cm³/mol. The Morgan fingerprint density at radius 1 is 0.926 bits per heavy atom. The van der Waals surface area contributed by atoms with Gasteiger partial charge < -0.3 is 9.47 Å². The van der Waals surface area contributed by atoms with Gasteiger partial charge in [-0.3, -0.25) is 4.79 Å². The number of ether oxygens (including phenoxy) is 2. The fourth-order valence-electron chi connectivity index (χ4n) is 2.91. The van der Waals surface area contributed by atoms with Gasteiger partial charge in [-0.15, -0.1) is 0 Å². The monoisotopic (exact) mass is 360 g/mol. The number of methoxy groups -OCH3 is 1. The van der Waals surface area contributed by atoms with Crippen molar-refractivity contribution in [1.29, 1.82) is 0 Å². The third-order valence-electron chi connectivity index (χ3n) is 4.24. The highest BCUT2D eigenvalue weighted by molar-refractivity contribution is 6.26. The van der Waals surface area contributed by atoms with Gasteiger partial charge in [0.05, 0.1) is 7.11 Å². The van der Waals surface area contributed by atoms with E-state index in [1.54, 1.807) is 0 Å². The van der Waals surface area contributed by atoms with Crippen LogP contribution in [-0.2, 0) is 20.9 Å². The number of rotatable bonds is 6. The van der Waals surface area contributed by atoms with Crippen molar-refractivity contribution in [1.82, 2.24) is 0 Å². The van der Waals surface area contributed by atoms with E-state index in [-0.39, 0.29) is 11.4 Å². The number of ketones is 1. The third kappa shape index (κ3) is 4.23. The Morgan fingerprint density at radius 2 is 1.63 bits per heavy atom. The lowest BCUT2D eigenvalue weighted by Crippen LogP contribution is -2.06. The van der Waals surface area contributed by atoms with E-state index < -0.39 is 5.97 Å². The molecule has 0 aromatic heterocycles. The van der Waals surface area contributed by atoms with E-state index in [9.17, 15) is 9.59 Å². The summed E-state index contributed by atoms with van der Waals surface area (Å²) in [6, 6.07) is 21.2. The molecule has 0 aliphatic rings. The molecule has 4 nitrogen and oxygen atoms in total. The molecule has 0 saturated carbocycles. The molecule has 0 radical (unpaired) electrons. The van der Waals surface area contributed by atoms with E-state index in [0.29, 0.717) is 17.9 Å². The number of hydrogen-bond acceptors (Lipinski definition) is 4. The third-order valence-corrected chi connectivity index (χ3v) is 4.24. The van der Waals surface area contributed by atoms with Gasteiger partial charge in [-0.1, -0.05) is 60.7 Å². The number of allylic oxidation sites excluding steroid dienone is 1. The van der Waals surface area contributed by atoms with Gasteiger partial charge in [0.1, 0.15) is 12.4 Å². The van der Waals surface area contributed by atoms with E-state index in [1.807, 2.05) is 66.7 Å². The molecule has 0 N–H and O–H groups in total. The Kier molecular flexibility index (Phi) is 5.67. The van der Waals surface area contributed by atoms with Crippen LogP contribution in [0.3, 0.4) is 0 Å². The van der Waals surface area contributed by atoms with Crippen LogP contribution in [0.15, 0.2) is 72.8 Å². The molecule has 0 fully saturated rings. The summed E-state index contributed by atoms with van der Waals surface area (Å²) < 4.78 is 10.8. The van der Waals surface area contributed by atoms with Crippen molar-refractivity contribution in [3.8, 4) is 5.75 Å². The quantitative estimate of drug-likeness (QED) is 0.477. The van der Waals surface area contributed by atoms with E-state index in [2.05, 4.69) is 0 Å². The fraction of sp³-hybridized carbons (Fsp3) is 0.130. The molecule has 0 bridgehead atoms. The molecule has 0 heterocycles. The number of benzene rings is 3. The lowest BCUT2D eigenvalue weighted by Gasteiger charge is -2.16. The molecule has 3 aromatic carbocycles. The topological polar surface area (TPSA) is 52.6 Å². The van der Waals surface area contributed by atoms with Gasteiger partial charge in [0.2, 0.25) is 0 Å². The smallest absolute Gasteiger partial charge is 0.331 e. The summed E-state index contributed by atoms with van der Waals surface area (Å²) >= 11 is 0. The summed E-state index contributed by atoms with van der Waals surface area (Å²) in [6.07, 6.45) is 1.22. The Labute approximate surface area is 158 Å². The molecular formula is C23H20O4. The Morgan fingerprint density at radius 3 is 2.33 bits per heavy atom. The SMILES string of the molecule is COC(=O)C=C(C(C)=O)c1c(OCc2ccccc2)ccc2ccccc12.